The number of anilines is 1. The van der Waals surface area contributed by atoms with Gasteiger partial charge in [-0.1, -0.05) is 67.6 Å². The number of thiophene rings is 1. The Kier molecular flexibility index (Phi) is 6.12. The fourth-order valence-electron chi connectivity index (χ4n) is 6.87. The summed E-state index contributed by atoms with van der Waals surface area (Å²) in [6.07, 6.45) is 4.70. The highest BCUT2D eigenvalue weighted by Crippen LogP contribution is 2.62. The standard InChI is InChI=1S/C34H28N2O4S/c1-2-18-40-23-11-7-10-22(20-23)30(37)28-29(31(38)27-15-8-19-41-27)36-17-16-21-9-3-4-12-24(21)32(36)34(28)25-13-5-6-14-26(25)35-33(34)39/h3-17,19-20,28-29,32H,2,18H2,1H3,(H,35,39)/t28-,29+,32-,34-/m1/s1. The molecular weight excluding hydrogens is 532 g/mol. The van der Waals surface area contributed by atoms with E-state index in [1.165, 1.54) is 11.3 Å². The number of nitrogens with one attached hydrogen (secondary N) is 1. The highest BCUT2D eigenvalue weighted by atomic mass is 32.1. The number of hydrogen-bond donors (Lipinski definition) is 1. The third kappa shape index (κ3) is 3.72. The Hall–Kier alpha value is -4.49. The molecule has 0 aliphatic carbocycles. The van der Waals surface area contributed by atoms with E-state index in [2.05, 4.69) is 5.32 Å². The number of ether oxygens (including phenoxy) is 1. The lowest BCUT2D eigenvalue weighted by molar-refractivity contribution is -0.122. The van der Waals surface area contributed by atoms with Crippen LogP contribution in [0.2, 0.25) is 0 Å². The highest BCUT2D eigenvalue weighted by molar-refractivity contribution is 7.12. The zero-order valence-corrected chi connectivity index (χ0v) is 23.3. The second-order valence-corrected chi connectivity index (χ2v) is 11.6. The lowest BCUT2D eigenvalue weighted by atomic mass is 9.63. The minimum atomic E-state index is -1.34. The fraction of sp³-hybridized carbons (Fsp3) is 0.206. The van der Waals surface area contributed by atoms with Crippen molar-refractivity contribution in [2.24, 2.45) is 5.92 Å². The van der Waals surface area contributed by atoms with Crippen LogP contribution in [0.4, 0.5) is 5.69 Å². The number of hydrogen-bond acceptors (Lipinski definition) is 6. The number of para-hydroxylation sites is 1. The van der Waals surface area contributed by atoms with Crippen LogP contribution in [0.5, 0.6) is 5.75 Å². The number of Topliss-reactive ketones (excluding diaryl/α,β-unsaturated/α-hetero) is 2. The monoisotopic (exact) mass is 560 g/mol. The smallest absolute Gasteiger partial charge is 0.238 e. The molecule has 0 saturated carbocycles. The molecule has 3 aromatic carbocycles. The van der Waals surface area contributed by atoms with Crippen LogP contribution in [0, 0.1) is 5.92 Å². The van der Waals surface area contributed by atoms with Crippen LogP contribution >= 0.6 is 11.3 Å². The molecule has 4 aromatic rings. The fourth-order valence-corrected chi connectivity index (χ4v) is 7.57. The molecule has 7 rings (SSSR count). The zero-order chi connectivity index (χ0) is 28.1. The second kappa shape index (κ2) is 9.85. The van der Waals surface area contributed by atoms with Crippen molar-refractivity contribution < 1.29 is 19.1 Å². The van der Waals surface area contributed by atoms with Crippen molar-refractivity contribution in [3.63, 3.8) is 0 Å². The van der Waals surface area contributed by atoms with Gasteiger partial charge in [-0.2, -0.15) is 0 Å². The van der Waals surface area contributed by atoms with E-state index in [1.54, 1.807) is 24.3 Å². The molecule has 1 aromatic heterocycles. The van der Waals surface area contributed by atoms with Crippen LogP contribution in [0.15, 0.2) is 96.5 Å². The molecule has 204 valence electrons. The Morgan fingerprint density at radius 2 is 1.80 bits per heavy atom. The van der Waals surface area contributed by atoms with E-state index in [1.807, 2.05) is 90.1 Å². The maximum absolute atomic E-state index is 14.9. The van der Waals surface area contributed by atoms with Crippen LogP contribution < -0.4 is 10.1 Å². The first-order chi connectivity index (χ1) is 20.1. The van der Waals surface area contributed by atoms with E-state index in [0.717, 1.165) is 23.1 Å². The summed E-state index contributed by atoms with van der Waals surface area (Å²) in [5.41, 5.74) is 2.37. The molecule has 1 amide bonds. The second-order valence-electron chi connectivity index (χ2n) is 10.7. The van der Waals surface area contributed by atoms with Gasteiger partial charge in [-0.05, 0) is 58.8 Å². The van der Waals surface area contributed by atoms with Gasteiger partial charge < -0.3 is 15.0 Å². The molecule has 6 nitrogen and oxygen atoms in total. The average molecular weight is 561 g/mol. The number of nitrogens with zero attached hydrogens (tertiary/aromatic N) is 1. The molecule has 1 spiro atoms. The molecule has 4 atom stereocenters. The van der Waals surface area contributed by atoms with Crippen LogP contribution in [0.1, 0.15) is 56.1 Å². The third-order valence-electron chi connectivity index (χ3n) is 8.48. The predicted molar refractivity (Wildman–Crippen MR) is 159 cm³/mol. The summed E-state index contributed by atoms with van der Waals surface area (Å²) in [7, 11) is 0. The van der Waals surface area contributed by atoms with Gasteiger partial charge in [0.05, 0.1) is 23.4 Å². The number of carbonyl (C=O) groups excluding carboxylic acids is 3. The number of ketones is 2. The van der Waals surface area contributed by atoms with E-state index < -0.39 is 23.4 Å². The topological polar surface area (TPSA) is 75.7 Å². The van der Waals surface area contributed by atoms with Gasteiger partial charge in [0.25, 0.3) is 0 Å². The lowest BCUT2D eigenvalue weighted by Crippen LogP contribution is -2.49. The van der Waals surface area contributed by atoms with Crippen molar-refractivity contribution in [1.82, 2.24) is 4.90 Å². The minimum absolute atomic E-state index is 0.167. The maximum Gasteiger partial charge on any atom is 0.238 e. The average Bonchev–Trinajstić information content (AvgIpc) is 3.72. The molecule has 3 aliphatic rings. The van der Waals surface area contributed by atoms with Gasteiger partial charge in [0.1, 0.15) is 17.2 Å². The Bertz CT molecular complexity index is 1710. The zero-order valence-electron chi connectivity index (χ0n) is 22.4. The summed E-state index contributed by atoms with van der Waals surface area (Å²) < 4.78 is 5.86. The van der Waals surface area contributed by atoms with E-state index in [-0.39, 0.29) is 17.5 Å². The first-order valence-electron chi connectivity index (χ1n) is 13.9. The van der Waals surface area contributed by atoms with Gasteiger partial charge in [0.2, 0.25) is 5.91 Å². The van der Waals surface area contributed by atoms with Crippen molar-refractivity contribution in [3.05, 3.63) is 124 Å². The van der Waals surface area contributed by atoms with Gasteiger partial charge in [0, 0.05) is 17.5 Å². The summed E-state index contributed by atoms with van der Waals surface area (Å²) in [6, 6.07) is 24.8. The third-order valence-corrected chi connectivity index (χ3v) is 9.36. The number of carbonyl (C=O) groups is 3. The number of fused-ring (bicyclic) bond motifs is 6. The van der Waals surface area contributed by atoms with E-state index in [0.29, 0.717) is 28.5 Å². The molecule has 1 saturated heterocycles. The largest absolute Gasteiger partial charge is 0.494 e. The molecular formula is C34H28N2O4S. The Labute approximate surface area is 242 Å². The van der Waals surface area contributed by atoms with Crippen LogP contribution in [-0.4, -0.2) is 35.0 Å². The molecule has 41 heavy (non-hydrogen) atoms. The number of benzene rings is 3. The van der Waals surface area contributed by atoms with E-state index in [9.17, 15) is 14.4 Å². The van der Waals surface area contributed by atoms with Crippen molar-refractivity contribution in [3.8, 4) is 5.75 Å². The summed E-state index contributed by atoms with van der Waals surface area (Å²) >= 11 is 1.35. The van der Waals surface area contributed by atoms with Crippen LogP contribution in [0.25, 0.3) is 6.08 Å². The normalized spacial score (nSPS) is 23.6. The molecule has 1 N–H and O–H groups in total. The Morgan fingerprint density at radius 3 is 2.63 bits per heavy atom. The first-order valence-corrected chi connectivity index (χ1v) is 14.7. The van der Waals surface area contributed by atoms with Gasteiger partial charge in [0.15, 0.2) is 11.6 Å². The molecule has 4 heterocycles. The Morgan fingerprint density at radius 1 is 0.976 bits per heavy atom. The maximum atomic E-state index is 14.9. The molecule has 0 unspecified atom stereocenters. The van der Waals surface area contributed by atoms with Crippen molar-refractivity contribution in [2.75, 3.05) is 11.9 Å². The van der Waals surface area contributed by atoms with Gasteiger partial charge in [-0.25, -0.2) is 0 Å². The van der Waals surface area contributed by atoms with E-state index in [4.69, 9.17) is 4.74 Å². The van der Waals surface area contributed by atoms with Crippen molar-refractivity contribution in [1.29, 1.82) is 0 Å². The minimum Gasteiger partial charge on any atom is -0.494 e. The predicted octanol–water partition coefficient (Wildman–Crippen LogP) is 6.52. The Balaban J connectivity index is 1.50. The van der Waals surface area contributed by atoms with Gasteiger partial charge in [-0.3, -0.25) is 14.4 Å². The summed E-state index contributed by atoms with van der Waals surface area (Å²) in [4.78, 5) is 46.3. The number of rotatable bonds is 7. The molecule has 0 radical (unpaired) electrons. The van der Waals surface area contributed by atoms with Crippen molar-refractivity contribution >= 4 is 40.6 Å². The molecule has 1 fully saturated rings. The van der Waals surface area contributed by atoms with E-state index >= 15 is 0 Å². The van der Waals surface area contributed by atoms with Gasteiger partial charge >= 0.3 is 0 Å². The summed E-state index contributed by atoms with van der Waals surface area (Å²) in [5, 5.41) is 4.95. The lowest BCUT2D eigenvalue weighted by Gasteiger charge is -2.38. The number of amides is 1. The highest BCUT2D eigenvalue weighted by Gasteiger charge is 2.70. The quantitative estimate of drug-likeness (QED) is 0.261. The summed E-state index contributed by atoms with van der Waals surface area (Å²) in [6.45, 7) is 2.55. The molecule has 7 heteroatoms. The van der Waals surface area contributed by atoms with Gasteiger partial charge in [-0.15, -0.1) is 11.3 Å². The van der Waals surface area contributed by atoms with Crippen LogP contribution in [-0.2, 0) is 10.2 Å². The van der Waals surface area contributed by atoms with Crippen molar-refractivity contribution in [2.45, 2.75) is 30.8 Å². The SMILES string of the molecule is CCCOc1cccc(C(=O)[C@H]2[C@@H](C(=O)c3cccs3)N3C=Cc4ccccc4[C@@H]3[C@]23C(=O)Nc2ccccc23)c1. The molecule has 3 aliphatic heterocycles. The van der Waals surface area contributed by atoms with Crippen LogP contribution in [0.3, 0.4) is 0 Å². The molecule has 0 bridgehead atoms. The summed E-state index contributed by atoms with van der Waals surface area (Å²) in [5.74, 6) is -1.10. The first kappa shape index (κ1) is 25.5.